The molecule has 160 valence electrons. The summed E-state index contributed by atoms with van der Waals surface area (Å²) in [5.41, 5.74) is 1.04. The molecule has 3 aromatic rings. The molecular weight excluding hydrogens is 420 g/mol. The Hall–Kier alpha value is -3.26. The average Bonchev–Trinajstić information content (AvgIpc) is 3.25. The second-order valence-corrected chi connectivity index (χ2v) is 8.14. The van der Waals surface area contributed by atoms with E-state index in [1.165, 1.54) is 0 Å². The van der Waals surface area contributed by atoms with Crippen molar-refractivity contribution >= 4 is 40.0 Å². The van der Waals surface area contributed by atoms with E-state index < -0.39 is 5.97 Å². The van der Waals surface area contributed by atoms with Crippen molar-refractivity contribution in [3.05, 3.63) is 47.0 Å². The minimum Gasteiger partial charge on any atom is -0.481 e. The van der Waals surface area contributed by atoms with E-state index >= 15 is 0 Å². The number of piperidine rings is 1. The van der Waals surface area contributed by atoms with Crippen LogP contribution in [0.2, 0.25) is 5.02 Å². The standard InChI is InChI=1S/C22H21ClN4O4/c23-15-2-3-16-17(10-15)21(27-7-5-14(6-8-27)22(28)29)26-25-20(16)24-11-13-1-4-18-19(9-13)31-12-30-18/h1-4,9-10,14H,5-8,11-12H2,(H,24,25)(H,28,29). The Morgan fingerprint density at radius 2 is 1.90 bits per heavy atom. The lowest BCUT2D eigenvalue weighted by atomic mass is 9.97. The van der Waals surface area contributed by atoms with Gasteiger partial charge in [-0.3, -0.25) is 4.79 Å². The maximum absolute atomic E-state index is 11.3. The lowest BCUT2D eigenvalue weighted by molar-refractivity contribution is -0.142. The van der Waals surface area contributed by atoms with Crippen LogP contribution < -0.4 is 19.7 Å². The fraction of sp³-hybridized carbons (Fsp3) is 0.318. The summed E-state index contributed by atoms with van der Waals surface area (Å²) in [6.07, 6.45) is 1.17. The molecule has 0 radical (unpaired) electrons. The van der Waals surface area contributed by atoms with Crippen LogP contribution in [-0.4, -0.2) is 41.2 Å². The summed E-state index contributed by atoms with van der Waals surface area (Å²) in [7, 11) is 0. The Labute approximate surface area is 183 Å². The zero-order valence-electron chi connectivity index (χ0n) is 16.7. The highest BCUT2D eigenvalue weighted by atomic mass is 35.5. The molecule has 0 amide bonds. The molecule has 0 unspecified atom stereocenters. The van der Waals surface area contributed by atoms with Crippen molar-refractivity contribution < 1.29 is 19.4 Å². The first-order chi connectivity index (χ1) is 15.1. The highest BCUT2D eigenvalue weighted by Crippen LogP contribution is 2.35. The molecule has 0 spiro atoms. The van der Waals surface area contributed by atoms with Gasteiger partial charge < -0.3 is 24.8 Å². The predicted molar refractivity (Wildman–Crippen MR) is 117 cm³/mol. The van der Waals surface area contributed by atoms with Crippen LogP contribution >= 0.6 is 11.6 Å². The second kappa shape index (κ2) is 8.11. The minimum atomic E-state index is -0.735. The summed E-state index contributed by atoms with van der Waals surface area (Å²) < 4.78 is 10.8. The number of rotatable bonds is 5. The Morgan fingerprint density at radius 1 is 1.10 bits per heavy atom. The molecule has 2 aliphatic rings. The van der Waals surface area contributed by atoms with E-state index in [-0.39, 0.29) is 12.7 Å². The summed E-state index contributed by atoms with van der Waals surface area (Å²) in [6.45, 7) is 2.04. The molecule has 5 rings (SSSR count). The number of fused-ring (bicyclic) bond motifs is 2. The quantitative estimate of drug-likeness (QED) is 0.616. The molecule has 8 nitrogen and oxygen atoms in total. The largest absolute Gasteiger partial charge is 0.481 e. The van der Waals surface area contributed by atoms with Crippen LogP contribution in [0.5, 0.6) is 11.5 Å². The predicted octanol–water partition coefficient (Wildman–Crippen LogP) is 3.93. The van der Waals surface area contributed by atoms with Crippen molar-refractivity contribution in [2.24, 2.45) is 5.92 Å². The summed E-state index contributed by atoms with van der Waals surface area (Å²) >= 11 is 6.28. The molecule has 0 saturated carbocycles. The van der Waals surface area contributed by atoms with Gasteiger partial charge in [0.05, 0.1) is 5.92 Å². The molecule has 2 N–H and O–H groups in total. The monoisotopic (exact) mass is 440 g/mol. The van der Waals surface area contributed by atoms with E-state index in [0.717, 1.165) is 33.7 Å². The molecular formula is C22H21ClN4O4. The van der Waals surface area contributed by atoms with Crippen LogP contribution in [0.4, 0.5) is 11.6 Å². The van der Waals surface area contributed by atoms with Crippen LogP contribution in [0, 0.1) is 5.92 Å². The van der Waals surface area contributed by atoms with Gasteiger partial charge in [0.2, 0.25) is 6.79 Å². The molecule has 2 aromatic carbocycles. The summed E-state index contributed by atoms with van der Waals surface area (Å²) in [4.78, 5) is 13.4. The van der Waals surface area contributed by atoms with E-state index in [1.54, 1.807) is 0 Å². The van der Waals surface area contributed by atoms with E-state index in [1.807, 2.05) is 36.4 Å². The van der Waals surface area contributed by atoms with Crippen molar-refractivity contribution in [1.29, 1.82) is 0 Å². The molecule has 0 bridgehead atoms. The van der Waals surface area contributed by atoms with Gasteiger partial charge in [0.15, 0.2) is 23.1 Å². The third-order valence-corrected chi connectivity index (χ3v) is 6.00. The van der Waals surface area contributed by atoms with Gasteiger partial charge in [-0.05, 0) is 48.7 Å². The van der Waals surface area contributed by atoms with E-state index in [4.69, 9.17) is 21.1 Å². The number of carbonyl (C=O) groups is 1. The Bertz CT molecular complexity index is 1150. The number of carboxylic acid groups (broad SMARTS) is 1. The molecule has 0 atom stereocenters. The number of hydrogen-bond acceptors (Lipinski definition) is 7. The molecule has 2 aliphatic heterocycles. The lowest BCUT2D eigenvalue weighted by Gasteiger charge is -2.31. The van der Waals surface area contributed by atoms with Gasteiger partial charge in [-0.2, -0.15) is 0 Å². The minimum absolute atomic E-state index is 0.244. The number of ether oxygens (including phenoxy) is 2. The highest BCUT2D eigenvalue weighted by molar-refractivity contribution is 6.31. The number of aliphatic carboxylic acids is 1. The topological polar surface area (TPSA) is 96.8 Å². The van der Waals surface area contributed by atoms with E-state index in [2.05, 4.69) is 20.4 Å². The van der Waals surface area contributed by atoms with Crippen LogP contribution in [0.3, 0.4) is 0 Å². The van der Waals surface area contributed by atoms with Gasteiger partial charge >= 0.3 is 5.97 Å². The summed E-state index contributed by atoms with van der Waals surface area (Å²) in [6, 6.07) is 11.5. The highest BCUT2D eigenvalue weighted by Gasteiger charge is 2.26. The van der Waals surface area contributed by atoms with Gasteiger partial charge in [0, 0.05) is 35.4 Å². The molecule has 1 aromatic heterocycles. The normalized spacial score (nSPS) is 16.0. The van der Waals surface area contributed by atoms with Gasteiger partial charge in [-0.1, -0.05) is 17.7 Å². The maximum Gasteiger partial charge on any atom is 0.306 e. The molecule has 9 heteroatoms. The number of nitrogens with zero attached hydrogens (tertiary/aromatic N) is 3. The SMILES string of the molecule is O=C(O)C1CCN(c2nnc(NCc3ccc4c(c3)OCO4)c3ccc(Cl)cc23)CC1. The third-order valence-electron chi connectivity index (χ3n) is 5.76. The number of nitrogens with one attached hydrogen (secondary N) is 1. The fourth-order valence-electron chi connectivity index (χ4n) is 4.05. The van der Waals surface area contributed by atoms with E-state index in [0.29, 0.717) is 43.3 Å². The van der Waals surface area contributed by atoms with Crippen molar-refractivity contribution in [1.82, 2.24) is 10.2 Å². The summed E-state index contributed by atoms with van der Waals surface area (Å²) in [5, 5.41) is 23.9. The van der Waals surface area contributed by atoms with Crippen LogP contribution in [0.1, 0.15) is 18.4 Å². The molecule has 3 heterocycles. The first-order valence-corrected chi connectivity index (χ1v) is 10.5. The van der Waals surface area contributed by atoms with Crippen molar-refractivity contribution in [3.63, 3.8) is 0 Å². The van der Waals surface area contributed by atoms with Crippen molar-refractivity contribution in [2.45, 2.75) is 19.4 Å². The van der Waals surface area contributed by atoms with Gasteiger partial charge in [-0.25, -0.2) is 0 Å². The second-order valence-electron chi connectivity index (χ2n) is 7.70. The number of carboxylic acids is 1. The molecule has 0 aliphatic carbocycles. The first-order valence-electron chi connectivity index (χ1n) is 10.1. The zero-order chi connectivity index (χ0) is 21.4. The van der Waals surface area contributed by atoms with Gasteiger partial charge in [0.25, 0.3) is 0 Å². The Balaban J connectivity index is 1.40. The summed E-state index contributed by atoms with van der Waals surface area (Å²) in [5.74, 6) is 1.84. The average molecular weight is 441 g/mol. The number of halogens is 1. The zero-order valence-corrected chi connectivity index (χ0v) is 17.4. The smallest absolute Gasteiger partial charge is 0.306 e. The van der Waals surface area contributed by atoms with Crippen molar-refractivity contribution in [3.8, 4) is 11.5 Å². The first kappa shape index (κ1) is 19.7. The number of anilines is 2. The van der Waals surface area contributed by atoms with Crippen LogP contribution in [-0.2, 0) is 11.3 Å². The van der Waals surface area contributed by atoms with E-state index in [9.17, 15) is 9.90 Å². The Morgan fingerprint density at radius 3 is 2.71 bits per heavy atom. The fourth-order valence-corrected chi connectivity index (χ4v) is 4.22. The number of hydrogen-bond donors (Lipinski definition) is 2. The molecule has 31 heavy (non-hydrogen) atoms. The molecule has 1 saturated heterocycles. The molecule has 1 fully saturated rings. The van der Waals surface area contributed by atoms with Crippen LogP contribution in [0.15, 0.2) is 36.4 Å². The lowest BCUT2D eigenvalue weighted by Crippen LogP contribution is -2.37. The number of benzene rings is 2. The number of aromatic nitrogens is 2. The Kier molecular flexibility index (Phi) is 5.15. The van der Waals surface area contributed by atoms with Crippen molar-refractivity contribution in [2.75, 3.05) is 30.1 Å². The maximum atomic E-state index is 11.3. The van der Waals surface area contributed by atoms with Gasteiger partial charge in [0.1, 0.15) is 0 Å². The third kappa shape index (κ3) is 3.90. The van der Waals surface area contributed by atoms with Gasteiger partial charge in [-0.15, -0.1) is 10.2 Å². The van der Waals surface area contributed by atoms with Crippen LogP contribution in [0.25, 0.3) is 10.8 Å².